The Balaban J connectivity index is 2.33. The highest BCUT2D eigenvalue weighted by Crippen LogP contribution is 2.68. The van der Waals surface area contributed by atoms with Crippen molar-refractivity contribution in [3.05, 3.63) is 72.8 Å². The van der Waals surface area contributed by atoms with E-state index in [1.54, 1.807) is 36.4 Å². The van der Waals surface area contributed by atoms with E-state index in [2.05, 4.69) is 0 Å². The highest BCUT2D eigenvalue weighted by molar-refractivity contribution is 7.96. The largest absolute Gasteiger partial charge is 0.524 e. The average molecular weight is 421 g/mol. The van der Waals surface area contributed by atoms with Gasteiger partial charge in [-0.15, -0.1) is 13.2 Å². The van der Waals surface area contributed by atoms with Crippen molar-refractivity contribution >= 4 is 23.2 Å². The summed E-state index contributed by atoms with van der Waals surface area (Å²) < 4.78 is 60.2. The average Bonchev–Trinajstić information content (AvgIpc) is 2.74. The zero-order chi connectivity index (χ0) is 21.1. The van der Waals surface area contributed by atoms with Crippen molar-refractivity contribution in [1.29, 1.82) is 0 Å². The van der Waals surface area contributed by atoms with E-state index in [9.17, 15) is 13.2 Å². The maximum absolute atomic E-state index is 14.9. The molecular formula is C22H21F3O3P+. The van der Waals surface area contributed by atoms with Crippen LogP contribution in [0.15, 0.2) is 72.8 Å². The second-order valence-corrected chi connectivity index (χ2v) is 9.63. The molecule has 29 heavy (non-hydrogen) atoms. The smallest absolute Gasteiger partial charge is 0.497 e. The lowest BCUT2D eigenvalue weighted by Gasteiger charge is -2.28. The normalized spacial score (nSPS) is 11.8. The van der Waals surface area contributed by atoms with Crippen LogP contribution in [0.2, 0.25) is 0 Å². The maximum atomic E-state index is 14.9. The Morgan fingerprint density at radius 2 is 0.759 bits per heavy atom. The number of halogens is 3. The van der Waals surface area contributed by atoms with Crippen molar-refractivity contribution in [2.24, 2.45) is 0 Å². The molecule has 0 amide bonds. The van der Waals surface area contributed by atoms with Crippen molar-refractivity contribution < 1.29 is 27.4 Å². The van der Waals surface area contributed by atoms with Gasteiger partial charge in [-0.2, -0.15) is 0 Å². The van der Waals surface area contributed by atoms with Gasteiger partial charge in [0.05, 0.1) is 21.3 Å². The maximum Gasteiger partial charge on any atom is 0.524 e. The molecule has 7 heteroatoms. The summed E-state index contributed by atoms with van der Waals surface area (Å²) in [4.78, 5) is 0. The Kier molecular flexibility index (Phi) is 6.04. The van der Waals surface area contributed by atoms with Crippen LogP contribution in [-0.2, 0) is 0 Å². The van der Waals surface area contributed by atoms with Crippen molar-refractivity contribution in [3.63, 3.8) is 0 Å². The molecule has 0 saturated carbocycles. The Labute approximate surface area is 168 Å². The van der Waals surface area contributed by atoms with Crippen LogP contribution in [0.4, 0.5) is 13.2 Å². The van der Waals surface area contributed by atoms with Gasteiger partial charge < -0.3 is 14.2 Å². The number of rotatable bonds is 6. The number of hydrogen-bond acceptors (Lipinski definition) is 3. The lowest BCUT2D eigenvalue weighted by atomic mass is 10.3. The second-order valence-electron chi connectivity index (χ2n) is 6.23. The van der Waals surface area contributed by atoms with Crippen LogP contribution in [0.25, 0.3) is 0 Å². The van der Waals surface area contributed by atoms with Gasteiger partial charge in [-0.25, -0.2) is 0 Å². The van der Waals surface area contributed by atoms with Crippen LogP contribution in [-0.4, -0.2) is 27.2 Å². The van der Waals surface area contributed by atoms with Crippen LogP contribution in [0, 0.1) is 0 Å². The third-order valence-corrected chi connectivity index (χ3v) is 8.74. The van der Waals surface area contributed by atoms with Gasteiger partial charge in [-0.1, -0.05) is 0 Å². The van der Waals surface area contributed by atoms with Gasteiger partial charge in [0.2, 0.25) is 7.26 Å². The van der Waals surface area contributed by atoms with Crippen molar-refractivity contribution in [3.8, 4) is 17.2 Å². The molecule has 0 saturated heterocycles. The summed E-state index contributed by atoms with van der Waals surface area (Å²) in [5, 5.41) is 0.586. The quantitative estimate of drug-likeness (QED) is 0.548. The summed E-state index contributed by atoms with van der Waals surface area (Å²) in [6, 6.07) is 18.3. The van der Waals surface area contributed by atoms with E-state index in [1.807, 2.05) is 0 Å². The number of methoxy groups -OCH3 is 3. The minimum Gasteiger partial charge on any atom is -0.497 e. The van der Waals surface area contributed by atoms with Crippen molar-refractivity contribution in [2.45, 2.75) is 5.92 Å². The molecular weight excluding hydrogens is 400 g/mol. The lowest BCUT2D eigenvalue weighted by Crippen LogP contribution is -2.40. The summed E-state index contributed by atoms with van der Waals surface area (Å²) in [7, 11) is 0.446. The molecule has 0 N–H and O–H groups in total. The van der Waals surface area contributed by atoms with Crippen molar-refractivity contribution in [1.82, 2.24) is 0 Å². The molecule has 0 aliphatic carbocycles. The van der Waals surface area contributed by atoms with Crippen LogP contribution < -0.4 is 30.1 Å². The molecule has 3 aromatic rings. The molecule has 0 aromatic heterocycles. The van der Waals surface area contributed by atoms with E-state index >= 15 is 0 Å². The standard InChI is InChI=1S/C22H21F3O3P/c1-26-16-4-10-19(11-5-16)29(22(23,24)25,20-12-6-17(27-2)7-13-20)21-14-8-18(28-3)9-15-21/h4-15H,1-3H3/q+1. The SMILES string of the molecule is COc1ccc([P+](c2ccc(OC)cc2)(c2ccc(OC)cc2)C(F)(F)F)cc1. The minimum absolute atomic E-state index is 0.195. The van der Waals surface area contributed by atoms with E-state index in [0.717, 1.165) is 0 Å². The zero-order valence-electron chi connectivity index (χ0n) is 16.2. The Bertz CT molecular complexity index is 821. The van der Waals surface area contributed by atoms with Gasteiger partial charge in [0.25, 0.3) is 0 Å². The van der Waals surface area contributed by atoms with E-state index in [0.29, 0.717) is 17.2 Å². The van der Waals surface area contributed by atoms with Gasteiger partial charge in [-0.05, 0) is 72.8 Å². The number of hydrogen-bond donors (Lipinski definition) is 0. The van der Waals surface area contributed by atoms with Crippen molar-refractivity contribution in [2.75, 3.05) is 21.3 Å². The molecule has 0 radical (unpaired) electrons. The van der Waals surface area contributed by atoms with Gasteiger partial charge in [-0.3, -0.25) is 0 Å². The molecule has 0 heterocycles. The van der Waals surface area contributed by atoms with E-state index < -0.39 is 13.2 Å². The Morgan fingerprint density at radius 3 is 0.931 bits per heavy atom. The lowest BCUT2D eigenvalue weighted by molar-refractivity contribution is -0.0400. The molecule has 0 aliphatic rings. The molecule has 3 aromatic carbocycles. The molecule has 0 fully saturated rings. The molecule has 3 rings (SSSR count). The number of benzene rings is 3. The van der Waals surface area contributed by atoms with Gasteiger partial charge >= 0.3 is 5.92 Å². The van der Waals surface area contributed by atoms with Crippen LogP contribution in [0.5, 0.6) is 17.2 Å². The number of ether oxygens (including phenoxy) is 3. The first kappa shape index (κ1) is 21.0. The molecule has 0 bridgehead atoms. The minimum atomic E-state index is -4.51. The highest BCUT2D eigenvalue weighted by atomic mass is 31.2. The Morgan fingerprint density at radius 1 is 0.517 bits per heavy atom. The molecule has 3 nitrogen and oxygen atoms in total. The monoisotopic (exact) mass is 421 g/mol. The van der Waals surface area contributed by atoms with Gasteiger partial charge in [0, 0.05) is 0 Å². The van der Waals surface area contributed by atoms with Crippen LogP contribution in [0.3, 0.4) is 0 Å². The zero-order valence-corrected chi connectivity index (χ0v) is 17.1. The van der Waals surface area contributed by atoms with Gasteiger partial charge in [0.15, 0.2) is 0 Å². The summed E-state index contributed by atoms with van der Waals surface area (Å²) in [6.45, 7) is 0. The molecule has 152 valence electrons. The summed E-state index contributed by atoms with van der Waals surface area (Å²) in [6.07, 6.45) is 0. The summed E-state index contributed by atoms with van der Waals surface area (Å²) in [5.41, 5.74) is 0. The first-order chi connectivity index (χ1) is 13.9. The van der Waals surface area contributed by atoms with Gasteiger partial charge in [0.1, 0.15) is 33.2 Å². The number of alkyl halides is 3. The summed E-state index contributed by atoms with van der Waals surface area (Å²) in [5.74, 6) is -3.01. The predicted octanol–water partition coefficient (Wildman–Crippen LogP) is 4.53. The molecule has 0 atom stereocenters. The summed E-state index contributed by atoms with van der Waals surface area (Å²) >= 11 is 0. The first-order valence-electron chi connectivity index (χ1n) is 8.76. The topological polar surface area (TPSA) is 27.7 Å². The second kappa shape index (κ2) is 8.34. The van der Waals surface area contributed by atoms with E-state index in [1.165, 1.54) is 57.7 Å². The van der Waals surface area contributed by atoms with Crippen LogP contribution >= 0.6 is 7.26 Å². The third-order valence-electron chi connectivity index (χ3n) is 4.76. The fourth-order valence-electron chi connectivity index (χ4n) is 3.30. The molecule has 0 aliphatic heterocycles. The van der Waals surface area contributed by atoms with E-state index in [-0.39, 0.29) is 15.9 Å². The third kappa shape index (κ3) is 3.77. The van der Waals surface area contributed by atoms with Crippen LogP contribution in [0.1, 0.15) is 0 Å². The fourth-order valence-corrected chi connectivity index (χ4v) is 6.87. The first-order valence-corrected chi connectivity index (χ1v) is 10.6. The molecule has 0 spiro atoms. The molecule has 0 unspecified atom stereocenters. The highest BCUT2D eigenvalue weighted by Gasteiger charge is 2.67. The Hall–Kier alpha value is -2.72. The van der Waals surface area contributed by atoms with E-state index in [4.69, 9.17) is 14.2 Å². The fraction of sp³-hybridized carbons (Fsp3) is 0.182. The predicted molar refractivity (Wildman–Crippen MR) is 111 cm³/mol.